The summed E-state index contributed by atoms with van der Waals surface area (Å²) >= 11 is 0. The molecule has 2 heterocycles. The number of furan rings is 1. The van der Waals surface area contributed by atoms with Crippen molar-refractivity contribution in [3.63, 3.8) is 0 Å². The summed E-state index contributed by atoms with van der Waals surface area (Å²) in [4.78, 5) is 4.21. The van der Waals surface area contributed by atoms with Crippen molar-refractivity contribution in [3.05, 3.63) is 42.3 Å². The number of nitrogens with zero attached hydrogens (tertiary/aromatic N) is 1. The SMILES string of the molecule is CNCc1ccc(-c2ccccn2)o1. The molecule has 0 aromatic carbocycles. The van der Waals surface area contributed by atoms with Crippen LogP contribution in [0.1, 0.15) is 5.76 Å². The van der Waals surface area contributed by atoms with E-state index in [0.29, 0.717) is 0 Å². The van der Waals surface area contributed by atoms with E-state index in [9.17, 15) is 0 Å². The van der Waals surface area contributed by atoms with Gasteiger partial charge in [-0.2, -0.15) is 0 Å². The molecule has 3 nitrogen and oxygen atoms in total. The average Bonchev–Trinajstić information content (AvgIpc) is 2.68. The molecule has 0 aliphatic heterocycles. The molecule has 0 radical (unpaired) electrons. The second kappa shape index (κ2) is 4.07. The number of aromatic nitrogens is 1. The molecular formula is C11H12N2O. The van der Waals surface area contributed by atoms with Crippen molar-refractivity contribution in [1.29, 1.82) is 0 Å². The molecule has 0 unspecified atom stereocenters. The second-order valence-corrected chi connectivity index (χ2v) is 3.01. The first-order valence-corrected chi connectivity index (χ1v) is 4.55. The molecule has 0 saturated carbocycles. The van der Waals surface area contributed by atoms with Crippen LogP contribution >= 0.6 is 0 Å². The number of pyridine rings is 1. The van der Waals surface area contributed by atoms with E-state index >= 15 is 0 Å². The van der Waals surface area contributed by atoms with Gasteiger partial charge in [0.2, 0.25) is 0 Å². The summed E-state index contributed by atoms with van der Waals surface area (Å²) in [6.07, 6.45) is 1.76. The number of hydrogen-bond acceptors (Lipinski definition) is 3. The molecule has 0 amide bonds. The van der Waals surface area contributed by atoms with Crippen LogP contribution in [0, 0.1) is 0 Å². The minimum Gasteiger partial charge on any atom is -0.458 e. The van der Waals surface area contributed by atoms with Gasteiger partial charge in [-0.1, -0.05) is 6.07 Å². The van der Waals surface area contributed by atoms with Crippen LogP contribution in [0.25, 0.3) is 11.5 Å². The van der Waals surface area contributed by atoms with Crippen molar-refractivity contribution in [2.45, 2.75) is 6.54 Å². The topological polar surface area (TPSA) is 38.1 Å². The quantitative estimate of drug-likeness (QED) is 0.801. The predicted molar refractivity (Wildman–Crippen MR) is 54.7 cm³/mol. The Balaban J connectivity index is 2.25. The smallest absolute Gasteiger partial charge is 0.152 e. The lowest BCUT2D eigenvalue weighted by atomic mass is 10.3. The highest BCUT2D eigenvalue weighted by molar-refractivity contribution is 5.51. The molecule has 0 saturated heterocycles. The van der Waals surface area contributed by atoms with Gasteiger partial charge in [-0.05, 0) is 31.3 Å². The van der Waals surface area contributed by atoms with Crippen LogP contribution in [-0.2, 0) is 6.54 Å². The third-order valence-corrected chi connectivity index (χ3v) is 1.93. The molecular weight excluding hydrogens is 176 g/mol. The van der Waals surface area contributed by atoms with Crippen molar-refractivity contribution < 1.29 is 4.42 Å². The Hall–Kier alpha value is -1.61. The standard InChI is InChI=1S/C11H12N2O/c1-12-8-9-5-6-11(14-9)10-4-2-3-7-13-10/h2-7,12H,8H2,1H3. The average molecular weight is 188 g/mol. The monoisotopic (exact) mass is 188 g/mol. The lowest BCUT2D eigenvalue weighted by Gasteiger charge is -1.95. The minimum atomic E-state index is 0.743. The van der Waals surface area contributed by atoms with Crippen LogP contribution in [0.2, 0.25) is 0 Å². The Morgan fingerprint density at radius 1 is 1.29 bits per heavy atom. The van der Waals surface area contributed by atoms with Crippen molar-refractivity contribution in [3.8, 4) is 11.5 Å². The van der Waals surface area contributed by atoms with E-state index in [1.54, 1.807) is 6.20 Å². The molecule has 0 spiro atoms. The van der Waals surface area contributed by atoms with Crippen molar-refractivity contribution in [2.75, 3.05) is 7.05 Å². The van der Waals surface area contributed by atoms with Gasteiger partial charge in [0.25, 0.3) is 0 Å². The van der Waals surface area contributed by atoms with Crippen LogP contribution in [0.15, 0.2) is 40.9 Å². The molecule has 1 N–H and O–H groups in total. The van der Waals surface area contributed by atoms with Crippen LogP contribution in [0.3, 0.4) is 0 Å². The Morgan fingerprint density at radius 3 is 2.93 bits per heavy atom. The van der Waals surface area contributed by atoms with Crippen LogP contribution in [-0.4, -0.2) is 12.0 Å². The summed E-state index contributed by atoms with van der Waals surface area (Å²) in [5, 5.41) is 3.03. The molecule has 0 bridgehead atoms. The highest BCUT2D eigenvalue weighted by Gasteiger charge is 2.03. The fourth-order valence-electron chi connectivity index (χ4n) is 1.29. The van der Waals surface area contributed by atoms with E-state index in [2.05, 4.69) is 10.3 Å². The van der Waals surface area contributed by atoms with Gasteiger partial charge in [-0.25, -0.2) is 0 Å². The van der Waals surface area contributed by atoms with E-state index in [4.69, 9.17) is 4.42 Å². The summed E-state index contributed by atoms with van der Waals surface area (Å²) in [6, 6.07) is 9.67. The summed E-state index contributed by atoms with van der Waals surface area (Å²) in [6.45, 7) is 0.743. The lowest BCUT2D eigenvalue weighted by Crippen LogP contribution is -2.03. The lowest BCUT2D eigenvalue weighted by molar-refractivity contribution is 0.506. The summed E-state index contributed by atoms with van der Waals surface area (Å²) in [7, 11) is 1.89. The van der Waals surface area contributed by atoms with Crippen LogP contribution in [0.4, 0.5) is 0 Å². The van der Waals surface area contributed by atoms with E-state index in [1.807, 2.05) is 37.4 Å². The third kappa shape index (κ3) is 1.83. The first-order valence-electron chi connectivity index (χ1n) is 4.55. The van der Waals surface area contributed by atoms with Gasteiger partial charge in [0.15, 0.2) is 5.76 Å². The molecule has 14 heavy (non-hydrogen) atoms. The van der Waals surface area contributed by atoms with Crippen LogP contribution < -0.4 is 5.32 Å². The van der Waals surface area contributed by atoms with Gasteiger partial charge in [-0.15, -0.1) is 0 Å². The first kappa shape index (κ1) is 8.97. The number of hydrogen-bond donors (Lipinski definition) is 1. The maximum atomic E-state index is 5.59. The minimum absolute atomic E-state index is 0.743. The number of nitrogens with one attached hydrogen (secondary N) is 1. The molecule has 72 valence electrons. The second-order valence-electron chi connectivity index (χ2n) is 3.01. The Morgan fingerprint density at radius 2 is 2.21 bits per heavy atom. The maximum absolute atomic E-state index is 5.59. The van der Waals surface area contributed by atoms with E-state index in [-0.39, 0.29) is 0 Å². The Kier molecular flexibility index (Phi) is 2.60. The molecule has 2 aromatic heterocycles. The highest BCUT2D eigenvalue weighted by Crippen LogP contribution is 2.19. The molecule has 3 heteroatoms. The summed E-state index contributed by atoms with van der Waals surface area (Å²) in [5.74, 6) is 1.74. The zero-order valence-electron chi connectivity index (χ0n) is 8.03. The number of rotatable bonds is 3. The zero-order chi connectivity index (χ0) is 9.80. The predicted octanol–water partition coefficient (Wildman–Crippen LogP) is 2.06. The zero-order valence-corrected chi connectivity index (χ0v) is 8.03. The normalized spacial score (nSPS) is 10.4. The maximum Gasteiger partial charge on any atom is 0.152 e. The molecule has 0 aliphatic carbocycles. The van der Waals surface area contributed by atoms with Crippen molar-refractivity contribution >= 4 is 0 Å². The van der Waals surface area contributed by atoms with Gasteiger partial charge >= 0.3 is 0 Å². The first-order chi connectivity index (χ1) is 6.90. The van der Waals surface area contributed by atoms with Crippen LogP contribution in [0.5, 0.6) is 0 Å². The Labute approximate surface area is 82.8 Å². The van der Waals surface area contributed by atoms with E-state index in [0.717, 1.165) is 23.8 Å². The molecule has 0 fully saturated rings. The van der Waals surface area contributed by atoms with E-state index < -0.39 is 0 Å². The summed E-state index contributed by atoms with van der Waals surface area (Å²) < 4.78 is 5.59. The van der Waals surface area contributed by atoms with Gasteiger partial charge in [-0.3, -0.25) is 4.98 Å². The molecule has 2 rings (SSSR count). The largest absolute Gasteiger partial charge is 0.458 e. The summed E-state index contributed by atoms with van der Waals surface area (Å²) in [5.41, 5.74) is 0.870. The molecule has 0 aliphatic rings. The van der Waals surface area contributed by atoms with Crippen molar-refractivity contribution in [1.82, 2.24) is 10.3 Å². The fourth-order valence-corrected chi connectivity index (χ4v) is 1.29. The Bertz CT molecular complexity index is 395. The van der Waals surface area contributed by atoms with Gasteiger partial charge in [0, 0.05) is 6.20 Å². The van der Waals surface area contributed by atoms with E-state index in [1.165, 1.54) is 0 Å². The molecule has 2 aromatic rings. The highest BCUT2D eigenvalue weighted by atomic mass is 16.3. The molecule has 0 atom stereocenters. The van der Waals surface area contributed by atoms with Gasteiger partial charge in [0.1, 0.15) is 11.5 Å². The van der Waals surface area contributed by atoms with Gasteiger partial charge in [0.05, 0.1) is 6.54 Å². The fraction of sp³-hybridized carbons (Fsp3) is 0.182. The van der Waals surface area contributed by atoms with Crippen molar-refractivity contribution in [2.24, 2.45) is 0 Å². The third-order valence-electron chi connectivity index (χ3n) is 1.93. The van der Waals surface area contributed by atoms with Gasteiger partial charge < -0.3 is 9.73 Å².